The highest BCUT2D eigenvalue weighted by Gasteiger charge is 2.13. The van der Waals surface area contributed by atoms with Gasteiger partial charge in [-0.05, 0) is 26.8 Å². The van der Waals surface area contributed by atoms with E-state index >= 15 is 0 Å². The molecular formula is C14H26NO4. The van der Waals surface area contributed by atoms with Crippen LogP contribution in [0.5, 0.6) is 0 Å². The second-order valence-corrected chi connectivity index (χ2v) is 4.20. The van der Waals surface area contributed by atoms with Crippen molar-refractivity contribution in [1.29, 1.82) is 0 Å². The first kappa shape index (κ1) is 18.1. The van der Waals surface area contributed by atoms with Crippen molar-refractivity contribution in [3.63, 3.8) is 0 Å². The SMILES string of the molecule is [CH2]CC(OCC(O)CNCCCC)OC(=O)C=CC. The number of allylic oxidation sites excluding steroid dienone is 1. The van der Waals surface area contributed by atoms with E-state index < -0.39 is 18.4 Å². The van der Waals surface area contributed by atoms with E-state index in [1.165, 1.54) is 6.08 Å². The van der Waals surface area contributed by atoms with Crippen LogP contribution < -0.4 is 5.32 Å². The summed E-state index contributed by atoms with van der Waals surface area (Å²) in [5.41, 5.74) is 0. The maximum atomic E-state index is 11.2. The Kier molecular flexibility index (Phi) is 11.6. The molecule has 0 spiro atoms. The minimum absolute atomic E-state index is 0.114. The van der Waals surface area contributed by atoms with Crippen LogP contribution in [0.25, 0.3) is 0 Å². The molecule has 0 fully saturated rings. The van der Waals surface area contributed by atoms with Gasteiger partial charge in [-0.2, -0.15) is 0 Å². The lowest BCUT2D eigenvalue weighted by Crippen LogP contribution is -2.33. The summed E-state index contributed by atoms with van der Waals surface area (Å²) in [5, 5.41) is 12.8. The van der Waals surface area contributed by atoms with Crippen LogP contribution in [-0.4, -0.2) is 43.2 Å². The van der Waals surface area contributed by atoms with Crippen molar-refractivity contribution in [3.8, 4) is 0 Å². The van der Waals surface area contributed by atoms with Crippen molar-refractivity contribution >= 4 is 5.97 Å². The predicted octanol–water partition coefficient (Wildman–Crippen LogP) is 1.42. The monoisotopic (exact) mass is 272 g/mol. The first-order valence-electron chi connectivity index (χ1n) is 6.76. The van der Waals surface area contributed by atoms with E-state index in [1.54, 1.807) is 13.0 Å². The van der Waals surface area contributed by atoms with Crippen molar-refractivity contribution in [2.75, 3.05) is 19.7 Å². The molecule has 2 N–H and O–H groups in total. The maximum Gasteiger partial charge on any atom is 0.332 e. The van der Waals surface area contributed by atoms with Gasteiger partial charge in [-0.25, -0.2) is 4.79 Å². The molecule has 1 radical (unpaired) electrons. The molecule has 0 bridgehead atoms. The molecular weight excluding hydrogens is 246 g/mol. The average Bonchev–Trinajstić information content (AvgIpc) is 2.39. The maximum absolute atomic E-state index is 11.2. The molecule has 0 saturated heterocycles. The van der Waals surface area contributed by atoms with Crippen molar-refractivity contribution in [2.24, 2.45) is 0 Å². The van der Waals surface area contributed by atoms with E-state index in [2.05, 4.69) is 19.2 Å². The molecule has 5 heteroatoms. The summed E-state index contributed by atoms with van der Waals surface area (Å²) >= 11 is 0. The smallest absolute Gasteiger partial charge is 0.332 e. The molecule has 0 saturated carbocycles. The summed E-state index contributed by atoms with van der Waals surface area (Å²) in [6.07, 6.45) is 4.07. The number of esters is 1. The summed E-state index contributed by atoms with van der Waals surface area (Å²) in [6.45, 7) is 8.94. The van der Waals surface area contributed by atoms with E-state index in [1.807, 2.05) is 0 Å². The van der Waals surface area contributed by atoms with E-state index in [4.69, 9.17) is 9.47 Å². The van der Waals surface area contributed by atoms with Gasteiger partial charge in [0.1, 0.15) is 0 Å². The fourth-order valence-corrected chi connectivity index (χ4v) is 1.33. The topological polar surface area (TPSA) is 67.8 Å². The van der Waals surface area contributed by atoms with Crippen molar-refractivity contribution in [1.82, 2.24) is 5.32 Å². The molecule has 0 aromatic heterocycles. The lowest BCUT2D eigenvalue weighted by Gasteiger charge is -2.18. The number of aliphatic hydroxyl groups is 1. The van der Waals surface area contributed by atoms with Crippen LogP contribution in [0.4, 0.5) is 0 Å². The summed E-state index contributed by atoms with van der Waals surface area (Å²) in [7, 11) is 0. The summed E-state index contributed by atoms with van der Waals surface area (Å²) in [6, 6.07) is 0. The van der Waals surface area contributed by atoms with Gasteiger partial charge in [-0.15, -0.1) is 0 Å². The summed E-state index contributed by atoms with van der Waals surface area (Å²) < 4.78 is 10.3. The van der Waals surface area contributed by atoms with Gasteiger partial charge in [0.25, 0.3) is 0 Å². The third-order valence-corrected chi connectivity index (χ3v) is 2.35. The predicted molar refractivity (Wildman–Crippen MR) is 74.4 cm³/mol. The van der Waals surface area contributed by atoms with Gasteiger partial charge in [0.2, 0.25) is 6.29 Å². The van der Waals surface area contributed by atoms with Gasteiger partial charge in [0.15, 0.2) is 0 Å². The van der Waals surface area contributed by atoms with Gasteiger partial charge in [0, 0.05) is 19.0 Å². The number of carbonyl (C=O) groups excluding carboxylic acids is 1. The standard InChI is InChI=1S/C14H26NO4/c1-4-7-9-15-10-12(16)11-18-14(6-3)19-13(17)8-5-2/h5,8,12,14-16H,3-4,6-7,9-11H2,1-2H3. The van der Waals surface area contributed by atoms with Crippen LogP contribution in [0.2, 0.25) is 0 Å². The molecule has 0 aliphatic heterocycles. The first-order valence-corrected chi connectivity index (χ1v) is 6.76. The number of hydrogen-bond donors (Lipinski definition) is 2. The fraction of sp³-hybridized carbons (Fsp3) is 0.714. The lowest BCUT2D eigenvalue weighted by molar-refractivity contribution is -0.177. The van der Waals surface area contributed by atoms with Crippen LogP contribution in [-0.2, 0) is 14.3 Å². The third kappa shape index (κ3) is 10.7. The highest BCUT2D eigenvalue weighted by atomic mass is 16.7. The van der Waals surface area contributed by atoms with Gasteiger partial charge in [-0.1, -0.05) is 19.4 Å². The second-order valence-electron chi connectivity index (χ2n) is 4.20. The van der Waals surface area contributed by atoms with Crippen molar-refractivity contribution in [2.45, 2.75) is 45.5 Å². The Hall–Kier alpha value is -0.910. The Bertz CT molecular complexity index is 256. The number of ether oxygens (including phenoxy) is 2. The molecule has 2 atom stereocenters. The molecule has 0 heterocycles. The Labute approximate surface area is 116 Å². The van der Waals surface area contributed by atoms with E-state index in [-0.39, 0.29) is 6.61 Å². The lowest BCUT2D eigenvalue weighted by atomic mass is 10.3. The van der Waals surface area contributed by atoms with Crippen LogP contribution in [0.3, 0.4) is 0 Å². The molecule has 0 aromatic rings. The number of nitrogens with one attached hydrogen (secondary N) is 1. The Morgan fingerprint density at radius 1 is 1.53 bits per heavy atom. The van der Waals surface area contributed by atoms with E-state index in [9.17, 15) is 9.90 Å². The fourth-order valence-electron chi connectivity index (χ4n) is 1.33. The molecule has 19 heavy (non-hydrogen) atoms. The average molecular weight is 272 g/mol. The second kappa shape index (κ2) is 12.1. The Balaban J connectivity index is 3.77. The number of unbranched alkanes of at least 4 members (excludes halogenated alkanes) is 1. The first-order chi connectivity index (χ1) is 9.13. The molecule has 0 rings (SSSR count). The molecule has 111 valence electrons. The molecule has 0 amide bonds. The normalized spacial score (nSPS) is 14.5. The largest absolute Gasteiger partial charge is 0.433 e. The van der Waals surface area contributed by atoms with Gasteiger partial charge < -0.3 is 19.9 Å². The number of carbonyl (C=O) groups is 1. The zero-order valence-corrected chi connectivity index (χ0v) is 11.9. The van der Waals surface area contributed by atoms with Gasteiger partial charge in [-0.3, -0.25) is 0 Å². The van der Waals surface area contributed by atoms with E-state index in [0.717, 1.165) is 19.4 Å². The Morgan fingerprint density at radius 3 is 2.84 bits per heavy atom. The highest BCUT2D eigenvalue weighted by Crippen LogP contribution is 2.02. The third-order valence-electron chi connectivity index (χ3n) is 2.35. The zero-order chi connectivity index (χ0) is 14.5. The zero-order valence-electron chi connectivity index (χ0n) is 11.9. The van der Waals surface area contributed by atoms with Crippen LogP contribution >= 0.6 is 0 Å². The molecule has 2 unspecified atom stereocenters. The van der Waals surface area contributed by atoms with Crippen molar-refractivity contribution in [3.05, 3.63) is 19.1 Å². The minimum atomic E-state index is -0.714. The van der Waals surface area contributed by atoms with E-state index in [0.29, 0.717) is 13.0 Å². The number of aliphatic hydroxyl groups excluding tert-OH is 1. The van der Waals surface area contributed by atoms with Crippen LogP contribution in [0.15, 0.2) is 12.2 Å². The molecule has 0 aliphatic rings. The minimum Gasteiger partial charge on any atom is -0.433 e. The summed E-state index contributed by atoms with van der Waals surface area (Å²) in [4.78, 5) is 11.2. The number of hydrogen-bond acceptors (Lipinski definition) is 5. The molecule has 5 nitrogen and oxygen atoms in total. The highest BCUT2D eigenvalue weighted by molar-refractivity contribution is 5.81. The molecule has 0 aliphatic carbocycles. The summed E-state index contributed by atoms with van der Waals surface area (Å²) in [5.74, 6) is -0.466. The molecule has 0 aromatic carbocycles. The van der Waals surface area contributed by atoms with Crippen LogP contribution in [0, 0.1) is 6.92 Å². The number of rotatable bonds is 11. The van der Waals surface area contributed by atoms with Gasteiger partial charge in [0.05, 0.1) is 12.7 Å². The van der Waals surface area contributed by atoms with Crippen LogP contribution in [0.1, 0.15) is 33.1 Å². The van der Waals surface area contributed by atoms with Gasteiger partial charge >= 0.3 is 5.97 Å². The van der Waals surface area contributed by atoms with Crippen molar-refractivity contribution < 1.29 is 19.4 Å². The Morgan fingerprint density at radius 2 is 2.26 bits per heavy atom. The quantitative estimate of drug-likeness (QED) is 0.258.